The molecular formula is C30H45NO5Si. The lowest BCUT2D eigenvalue weighted by Gasteiger charge is -2.43. The Kier molecular flexibility index (Phi) is 10.5. The van der Waals surface area contributed by atoms with Gasteiger partial charge in [-0.15, -0.1) is 0 Å². The van der Waals surface area contributed by atoms with Gasteiger partial charge in [0.2, 0.25) is 0 Å². The van der Waals surface area contributed by atoms with Gasteiger partial charge in [-0.3, -0.25) is 4.79 Å². The predicted octanol–water partition coefficient (Wildman–Crippen LogP) is 5.29. The van der Waals surface area contributed by atoms with Crippen LogP contribution in [0.1, 0.15) is 61.8 Å². The molecule has 0 unspecified atom stereocenters. The molecular weight excluding hydrogens is 482 g/mol. The summed E-state index contributed by atoms with van der Waals surface area (Å²) in [5.74, 6) is -0.956. The van der Waals surface area contributed by atoms with Crippen LogP contribution >= 0.6 is 0 Å². The summed E-state index contributed by atoms with van der Waals surface area (Å²) < 4.78 is 17.6. The maximum Gasteiger partial charge on any atom is 0.407 e. The number of carbonyl (C=O) groups excluding carboxylic acids is 2. The van der Waals surface area contributed by atoms with Gasteiger partial charge in [0.25, 0.3) is 8.32 Å². The Morgan fingerprint density at radius 2 is 1.35 bits per heavy atom. The molecule has 0 bridgehead atoms. The Hall–Kier alpha value is -2.64. The standard InChI is InChI=1S/C30H45NO5Si/c1-22(2)26(27(32)34-9)25(31-28(33)36-29(3,4)5)20-21-35-37(30(6,7)8,23-16-12-10-13-17-23)24-18-14-11-15-19-24/h10-19,22,25-26H,20-21H2,1-9H3,(H,31,33)/t25-,26+/m0/s1. The number of alkyl carbamates (subject to hydrolysis) is 1. The third-order valence-electron chi connectivity index (χ3n) is 6.49. The van der Waals surface area contributed by atoms with Gasteiger partial charge in [-0.05, 0) is 48.5 Å². The second-order valence-electron chi connectivity index (χ2n) is 11.8. The third kappa shape index (κ3) is 7.92. The highest BCUT2D eigenvalue weighted by atomic mass is 28.4. The maximum absolute atomic E-state index is 12.8. The van der Waals surface area contributed by atoms with Crippen LogP contribution in [0, 0.1) is 11.8 Å². The fraction of sp³-hybridized carbons (Fsp3) is 0.533. The number of ether oxygens (including phenoxy) is 2. The van der Waals surface area contributed by atoms with E-state index in [1.54, 1.807) is 0 Å². The normalized spacial score (nSPS) is 14.1. The minimum absolute atomic E-state index is 0.0553. The molecule has 0 heterocycles. The summed E-state index contributed by atoms with van der Waals surface area (Å²) in [6, 6.07) is 20.3. The number of esters is 1. The summed E-state index contributed by atoms with van der Waals surface area (Å²) in [5.41, 5.74) is -0.654. The number of rotatable bonds is 10. The van der Waals surface area contributed by atoms with E-state index >= 15 is 0 Å². The largest absolute Gasteiger partial charge is 0.469 e. The summed E-state index contributed by atoms with van der Waals surface area (Å²) in [4.78, 5) is 25.5. The monoisotopic (exact) mass is 527 g/mol. The van der Waals surface area contributed by atoms with Crippen molar-refractivity contribution in [2.75, 3.05) is 13.7 Å². The highest BCUT2D eigenvalue weighted by Gasteiger charge is 2.50. The van der Waals surface area contributed by atoms with Gasteiger partial charge in [0, 0.05) is 12.6 Å². The van der Waals surface area contributed by atoms with Crippen LogP contribution in [0.4, 0.5) is 4.79 Å². The van der Waals surface area contributed by atoms with E-state index in [4.69, 9.17) is 13.9 Å². The Balaban J connectivity index is 2.45. The van der Waals surface area contributed by atoms with Crippen molar-refractivity contribution in [3.8, 4) is 0 Å². The van der Waals surface area contributed by atoms with E-state index in [2.05, 4.69) is 50.4 Å². The van der Waals surface area contributed by atoms with E-state index in [-0.39, 0.29) is 16.9 Å². The second-order valence-corrected chi connectivity index (χ2v) is 16.2. The van der Waals surface area contributed by atoms with E-state index in [1.165, 1.54) is 17.5 Å². The van der Waals surface area contributed by atoms with Crippen molar-refractivity contribution in [2.24, 2.45) is 11.8 Å². The van der Waals surface area contributed by atoms with E-state index < -0.39 is 32.0 Å². The lowest BCUT2D eigenvalue weighted by atomic mass is 9.87. The van der Waals surface area contributed by atoms with Crippen molar-refractivity contribution in [1.29, 1.82) is 0 Å². The molecule has 0 aliphatic heterocycles. The molecule has 0 aliphatic carbocycles. The quantitative estimate of drug-likeness (QED) is 0.336. The molecule has 2 aromatic rings. The van der Waals surface area contributed by atoms with Crippen molar-refractivity contribution in [1.82, 2.24) is 5.32 Å². The first-order chi connectivity index (χ1) is 17.2. The molecule has 0 fully saturated rings. The van der Waals surface area contributed by atoms with Crippen molar-refractivity contribution >= 4 is 30.8 Å². The van der Waals surface area contributed by atoms with Gasteiger partial charge in [0.15, 0.2) is 0 Å². The Bertz CT molecular complexity index is 957. The first-order valence-corrected chi connectivity index (χ1v) is 15.0. The molecule has 0 radical (unpaired) electrons. The number of carbonyl (C=O) groups is 2. The molecule has 2 rings (SSSR count). The molecule has 2 aromatic carbocycles. The second kappa shape index (κ2) is 12.7. The van der Waals surface area contributed by atoms with Crippen molar-refractivity contribution in [3.05, 3.63) is 60.7 Å². The Labute approximate surface area is 224 Å². The lowest BCUT2D eigenvalue weighted by molar-refractivity contribution is -0.148. The number of hydrogen-bond acceptors (Lipinski definition) is 5. The fourth-order valence-corrected chi connectivity index (χ4v) is 9.52. The summed E-state index contributed by atoms with van der Waals surface area (Å²) in [5, 5.41) is 5.13. The number of nitrogens with one attached hydrogen (secondary N) is 1. The topological polar surface area (TPSA) is 73.9 Å². The van der Waals surface area contributed by atoms with Crippen molar-refractivity contribution < 1.29 is 23.5 Å². The van der Waals surface area contributed by atoms with Gasteiger partial charge in [-0.2, -0.15) is 0 Å². The van der Waals surface area contributed by atoms with Crippen LogP contribution in [0.25, 0.3) is 0 Å². The van der Waals surface area contributed by atoms with Gasteiger partial charge in [0.1, 0.15) is 5.60 Å². The molecule has 2 atom stereocenters. The number of amides is 1. The molecule has 0 saturated heterocycles. The average Bonchev–Trinajstić information content (AvgIpc) is 2.80. The zero-order chi connectivity index (χ0) is 27.9. The highest BCUT2D eigenvalue weighted by Crippen LogP contribution is 2.37. The number of methoxy groups -OCH3 is 1. The van der Waals surface area contributed by atoms with E-state index in [9.17, 15) is 9.59 Å². The number of benzene rings is 2. The van der Waals surface area contributed by atoms with Gasteiger partial charge < -0.3 is 19.2 Å². The van der Waals surface area contributed by atoms with Crippen LogP contribution in [0.5, 0.6) is 0 Å². The molecule has 37 heavy (non-hydrogen) atoms. The van der Waals surface area contributed by atoms with Gasteiger partial charge in [-0.25, -0.2) is 4.79 Å². The van der Waals surface area contributed by atoms with Crippen molar-refractivity contribution in [2.45, 2.75) is 78.5 Å². The van der Waals surface area contributed by atoms with Crippen LogP contribution < -0.4 is 15.7 Å². The van der Waals surface area contributed by atoms with Crippen LogP contribution in [0.2, 0.25) is 5.04 Å². The SMILES string of the molecule is COC(=O)[C@H](C(C)C)[C@H](CCO[Si](c1ccccc1)(c1ccccc1)C(C)(C)C)NC(=O)OC(C)(C)C. The minimum Gasteiger partial charge on any atom is -0.469 e. The van der Waals surface area contributed by atoms with Gasteiger partial charge in [0.05, 0.1) is 13.0 Å². The van der Waals surface area contributed by atoms with Crippen molar-refractivity contribution in [3.63, 3.8) is 0 Å². The first kappa shape index (κ1) is 30.6. The lowest BCUT2D eigenvalue weighted by Crippen LogP contribution is -2.66. The Morgan fingerprint density at radius 1 is 0.865 bits per heavy atom. The third-order valence-corrected chi connectivity index (χ3v) is 11.5. The van der Waals surface area contributed by atoms with E-state index in [0.29, 0.717) is 13.0 Å². The average molecular weight is 528 g/mol. The fourth-order valence-electron chi connectivity index (χ4n) is 4.94. The van der Waals surface area contributed by atoms with Gasteiger partial charge in [-0.1, -0.05) is 95.3 Å². The predicted molar refractivity (Wildman–Crippen MR) is 152 cm³/mol. The summed E-state index contributed by atoms with van der Waals surface area (Å²) in [6.45, 7) is 16.4. The molecule has 1 amide bonds. The van der Waals surface area contributed by atoms with Crippen LogP contribution in [-0.4, -0.2) is 45.7 Å². The molecule has 0 saturated carbocycles. The molecule has 7 heteroatoms. The molecule has 0 aromatic heterocycles. The zero-order valence-electron chi connectivity index (χ0n) is 24.0. The highest BCUT2D eigenvalue weighted by molar-refractivity contribution is 6.99. The minimum atomic E-state index is -2.75. The van der Waals surface area contributed by atoms with E-state index in [1.807, 2.05) is 71.0 Å². The summed E-state index contributed by atoms with van der Waals surface area (Å²) in [6.07, 6.45) is -0.126. The van der Waals surface area contributed by atoms with Crippen LogP contribution in [0.3, 0.4) is 0 Å². The molecule has 0 spiro atoms. The summed E-state index contributed by atoms with van der Waals surface area (Å²) >= 11 is 0. The molecule has 6 nitrogen and oxygen atoms in total. The maximum atomic E-state index is 12.8. The van der Waals surface area contributed by atoms with Gasteiger partial charge >= 0.3 is 12.1 Å². The molecule has 0 aliphatic rings. The molecule has 204 valence electrons. The van der Waals surface area contributed by atoms with Crippen LogP contribution in [-0.2, 0) is 18.7 Å². The first-order valence-electron chi connectivity index (χ1n) is 13.1. The zero-order valence-corrected chi connectivity index (χ0v) is 25.0. The molecule has 1 N–H and O–H groups in total. The smallest absolute Gasteiger partial charge is 0.407 e. The number of hydrogen-bond donors (Lipinski definition) is 1. The van der Waals surface area contributed by atoms with E-state index in [0.717, 1.165) is 0 Å². The van der Waals surface area contributed by atoms with Crippen LogP contribution in [0.15, 0.2) is 60.7 Å². The Morgan fingerprint density at radius 3 is 1.73 bits per heavy atom. The summed E-state index contributed by atoms with van der Waals surface area (Å²) in [7, 11) is -1.38.